The van der Waals surface area contributed by atoms with Gasteiger partial charge in [0.05, 0.1) is 0 Å². The first-order valence-electron chi connectivity index (χ1n) is 6.52. The molecular weight excluding hydrogens is 228 g/mol. The molecule has 1 saturated heterocycles. The second-order valence-corrected chi connectivity index (χ2v) is 5.15. The van der Waals surface area contributed by atoms with Gasteiger partial charge in [0.1, 0.15) is 6.54 Å². The van der Waals surface area contributed by atoms with E-state index in [1.54, 1.807) is 10.6 Å². The largest absolute Gasteiger partial charge is 0.341 e. The molecule has 0 unspecified atom stereocenters. The molecule has 1 aromatic heterocycles. The Labute approximate surface area is 107 Å². The molecule has 0 bridgehead atoms. The van der Waals surface area contributed by atoms with Crippen molar-refractivity contribution in [1.29, 1.82) is 0 Å². The summed E-state index contributed by atoms with van der Waals surface area (Å²) in [7, 11) is 0. The first kappa shape index (κ1) is 12.9. The maximum atomic E-state index is 12.1. The Bertz CT molecular complexity index is 485. The maximum absolute atomic E-state index is 12.1. The number of nitrogens with zero attached hydrogens (tertiary/aromatic N) is 2. The minimum atomic E-state index is -0.103. The molecule has 18 heavy (non-hydrogen) atoms. The molecule has 0 saturated carbocycles. The van der Waals surface area contributed by atoms with Crippen LogP contribution in [-0.4, -0.2) is 28.5 Å². The Morgan fingerprint density at radius 1 is 1.33 bits per heavy atom. The fourth-order valence-electron chi connectivity index (χ4n) is 2.32. The summed E-state index contributed by atoms with van der Waals surface area (Å²) in [5.41, 5.74) is 0.731. The van der Waals surface area contributed by atoms with Gasteiger partial charge in [-0.1, -0.05) is 13.0 Å². The third-order valence-electron chi connectivity index (χ3n) is 3.70. The fraction of sp³-hybridized carbons (Fsp3) is 0.571. The first-order valence-corrected chi connectivity index (χ1v) is 6.52. The number of likely N-dealkylation sites (tertiary alicyclic amines) is 1. The van der Waals surface area contributed by atoms with E-state index in [0.717, 1.165) is 31.6 Å². The minimum absolute atomic E-state index is 0.0540. The lowest BCUT2D eigenvalue weighted by molar-refractivity contribution is -0.133. The highest BCUT2D eigenvalue weighted by molar-refractivity contribution is 5.76. The van der Waals surface area contributed by atoms with Crippen LogP contribution in [-0.2, 0) is 11.3 Å². The topological polar surface area (TPSA) is 42.3 Å². The third kappa shape index (κ3) is 2.81. The monoisotopic (exact) mass is 248 g/mol. The van der Waals surface area contributed by atoms with Gasteiger partial charge in [0.2, 0.25) is 5.91 Å². The number of rotatable bonds is 2. The van der Waals surface area contributed by atoms with Gasteiger partial charge in [-0.25, -0.2) is 0 Å². The van der Waals surface area contributed by atoms with Gasteiger partial charge in [-0.3, -0.25) is 9.59 Å². The molecule has 0 spiro atoms. The van der Waals surface area contributed by atoms with Crippen molar-refractivity contribution in [2.45, 2.75) is 33.2 Å². The minimum Gasteiger partial charge on any atom is -0.341 e. The van der Waals surface area contributed by atoms with Gasteiger partial charge in [-0.05, 0) is 31.7 Å². The number of pyridine rings is 1. The van der Waals surface area contributed by atoms with Crippen molar-refractivity contribution < 1.29 is 4.79 Å². The van der Waals surface area contributed by atoms with E-state index in [1.165, 1.54) is 6.07 Å². The van der Waals surface area contributed by atoms with Gasteiger partial charge in [0, 0.05) is 24.8 Å². The van der Waals surface area contributed by atoms with Gasteiger partial charge < -0.3 is 9.47 Å². The number of amides is 1. The summed E-state index contributed by atoms with van der Waals surface area (Å²) in [5, 5.41) is 0. The molecule has 2 heterocycles. The van der Waals surface area contributed by atoms with Crippen molar-refractivity contribution in [2.24, 2.45) is 5.92 Å². The smallest absolute Gasteiger partial charge is 0.251 e. The van der Waals surface area contributed by atoms with Crippen LogP contribution in [0.5, 0.6) is 0 Å². The second kappa shape index (κ2) is 5.38. The van der Waals surface area contributed by atoms with Gasteiger partial charge in [-0.15, -0.1) is 0 Å². The summed E-state index contributed by atoms with van der Waals surface area (Å²) in [6, 6.07) is 5.08. The number of carbonyl (C=O) groups is 1. The van der Waals surface area contributed by atoms with Crippen LogP contribution in [0.15, 0.2) is 23.0 Å². The fourth-order valence-corrected chi connectivity index (χ4v) is 2.32. The molecule has 0 N–H and O–H groups in total. The normalized spacial score (nSPS) is 16.9. The van der Waals surface area contributed by atoms with E-state index < -0.39 is 0 Å². The number of aryl methyl sites for hydroxylation is 1. The van der Waals surface area contributed by atoms with E-state index in [1.807, 2.05) is 17.9 Å². The van der Waals surface area contributed by atoms with Crippen molar-refractivity contribution in [1.82, 2.24) is 9.47 Å². The summed E-state index contributed by atoms with van der Waals surface area (Å²) in [4.78, 5) is 25.7. The Hall–Kier alpha value is -1.58. The Morgan fingerprint density at radius 3 is 2.61 bits per heavy atom. The number of carbonyl (C=O) groups excluding carboxylic acids is 1. The van der Waals surface area contributed by atoms with Crippen LogP contribution in [0.2, 0.25) is 0 Å². The predicted molar refractivity (Wildman–Crippen MR) is 70.4 cm³/mol. The molecule has 1 aliphatic rings. The van der Waals surface area contributed by atoms with E-state index >= 15 is 0 Å². The van der Waals surface area contributed by atoms with E-state index in [-0.39, 0.29) is 18.0 Å². The summed E-state index contributed by atoms with van der Waals surface area (Å²) in [6.45, 7) is 5.88. The molecule has 2 rings (SSSR count). The zero-order valence-corrected chi connectivity index (χ0v) is 11.1. The third-order valence-corrected chi connectivity index (χ3v) is 3.70. The highest BCUT2D eigenvalue weighted by Gasteiger charge is 2.20. The van der Waals surface area contributed by atoms with E-state index in [4.69, 9.17) is 0 Å². The van der Waals surface area contributed by atoms with Crippen LogP contribution in [0.1, 0.15) is 25.5 Å². The van der Waals surface area contributed by atoms with Crippen molar-refractivity contribution in [3.8, 4) is 0 Å². The van der Waals surface area contributed by atoms with Gasteiger partial charge >= 0.3 is 0 Å². The second-order valence-electron chi connectivity index (χ2n) is 5.15. The lowest BCUT2D eigenvalue weighted by Gasteiger charge is -2.30. The molecule has 0 atom stereocenters. The standard InChI is InChI=1S/C14H20N2O2/c1-11-6-8-15(9-7-11)14(18)10-16-12(2)4-3-5-13(16)17/h3-5,11H,6-10H2,1-2H3. The van der Waals surface area contributed by atoms with Crippen LogP contribution >= 0.6 is 0 Å². The van der Waals surface area contributed by atoms with Crippen LogP contribution in [0.4, 0.5) is 0 Å². The number of piperidine rings is 1. The first-order chi connectivity index (χ1) is 8.58. The molecule has 4 heteroatoms. The summed E-state index contributed by atoms with van der Waals surface area (Å²) in [6.07, 6.45) is 2.13. The van der Waals surface area contributed by atoms with Gasteiger partial charge in [0.25, 0.3) is 5.56 Å². The molecule has 1 fully saturated rings. The van der Waals surface area contributed by atoms with E-state index in [0.29, 0.717) is 5.92 Å². The van der Waals surface area contributed by atoms with Crippen LogP contribution < -0.4 is 5.56 Å². The van der Waals surface area contributed by atoms with E-state index in [9.17, 15) is 9.59 Å². The Kier molecular flexibility index (Phi) is 3.84. The quantitative estimate of drug-likeness (QED) is 0.794. The highest BCUT2D eigenvalue weighted by Crippen LogP contribution is 2.16. The molecule has 1 amide bonds. The SMILES string of the molecule is Cc1cccc(=O)n1CC(=O)N1CCC(C)CC1. The molecule has 0 aliphatic carbocycles. The zero-order chi connectivity index (χ0) is 13.1. The van der Waals surface area contributed by atoms with Crippen molar-refractivity contribution in [2.75, 3.05) is 13.1 Å². The Morgan fingerprint density at radius 2 is 2.00 bits per heavy atom. The zero-order valence-electron chi connectivity index (χ0n) is 11.1. The summed E-state index contributed by atoms with van der Waals surface area (Å²) >= 11 is 0. The molecule has 1 aromatic rings. The molecule has 98 valence electrons. The molecule has 4 nitrogen and oxygen atoms in total. The summed E-state index contributed by atoms with van der Waals surface area (Å²) < 4.78 is 1.54. The average Bonchev–Trinajstić information content (AvgIpc) is 2.34. The van der Waals surface area contributed by atoms with Crippen molar-refractivity contribution in [3.63, 3.8) is 0 Å². The molecule has 0 aromatic carbocycles. The lowest BCUT2D eigenvalue weighted by atomic mass is 9.99. The summed E-state index contributed by atoms with van der Waals surface area (Å²) in [5.74, 6) is 0.758. The predicted octanol–water partition coefficient (Wildman–Crippen LogP) is 1.42. The lowest BCUT2D eigenvalue weighted by Crippen LogP contribution is -2.41. The van der Waals surface area contributed by atoms with Crippen molar-refractivity contribution >= 4 is 5.91 Å². The highest BCUT2D eigenvalue weighted by atomic mass is 16.2. The average molecular weight is 248 g/mol. The molecule has 0 radical (unpaired) electrons. The van der Waals surface area contributed by atoms with Gasteiger partial charge in [-0.2, -0.15) is 0 Å². The number of hydrogen-bond acceptors (Lipinski definition) is 2. The number of aromatic nitrogens is 1. The van der Waals surface area contributed by atoms with Crippen LogP contribution in [0, 0.1) is 12.8 Å². The molecule has 1 aliphatic heterocycles. The van der Waals surface area contributed by atoms with Crippen LogP contribution in [0.3, 0.4) is 0 Å². The van der Waals surface area contributed by atoms with E-state index in [2.05, 4.69) is 6.92 Å². The number of hydrogen-bond donors (Lipinski definition) is 0. The Balaban J connectivity index is 2.05. The molecular formula is C14H20N2O2. The van der Waals surface area contributed by atoms with Gasteiger partial charge in [0.15, 0.2) is 0 Å². The van der Waals surface area contributed by atoms with Crippen molar-refractivity contribution in [3.05, 3.63) is 34.2 Å². The maximum Gasteiger partial charge on any atom is 0.251 e. The van der Waals surface area contributed by atoms with Crippen LogP contribution in [0.25, 0.3) is 0 Å².